The van der Waals surface area contributed by atoms with Crippen LogP contribution in [-0.2, 0) is 4.74 Å². The number of anilines is 1. The van der Waals surface area contributed by atoms with Crippen LogP contribution in [0.5, 0.6) is 5.75 Å². The summed E-state index contributed by atoms with van der Waals surface area (Å²) < 4.78 is 11.8. The maximum Gasteiger partial charge on any atom is 0.126 e. The van der Waals surface area contributed by atoms with Gasteiger partial charge in [0.25, 0.3) is 0 Å². The zero-order chi connectivity index (χ0) is 23.5. The number of methoxy groups -OCH3 is 1. The van der Waals surface area contributed by atoms with Gasteiger partial charge in [0.2, 0.25) is 0 Å². The largest absolute Gasteiger partial charge is 0.496 e. The third kappa shape index (κ3) is 4.98. The first-order chi connectivity index (χ1) is 15.2. The summed E-state index contributed by atoms with van der Waals surface area (Å²) in [6.45, 7) is 14.0. The van der Waals surface area contributed by atoms with Gasteiger partial charge in [0, 0.05) is 23.0 Å². The second kappa shape index (κ2) is 9.76. The summed E-state index contributed by atoms with van der Waals surface area (Å²) in [7, 11) is 1.69. The molecular formula is C28H35NO3. The van der Waals surface area contributed by atoms with E-state index in [4.69, 9.17) is 9.47 Å². The Labute approximate surface area is 192 Å². The Bertz CT molecular complexity index is 1020. The molecule has 1 aliphatic rings. The van der Waals surface area contributed by atoms with E-state index in [0.717, 1.165) is 33.7 Å². The molecule has 2 aromatic carbocycles. The maximum absolute atomic E-state index is 9.85. The van der Waals surface area contributed by atoms with E-state index in [1.54, 1.807) is 20.1 Å². The molecule has 170 valence electrons. The number of hydrogen-bond donors (Lipinski definition) is 1. The summed E-state index contributed by atoms with van der Waals surface area (Å²) in [5, 5.41) is 9.85. The van der Waals surface area contributed by atoms with Crippen LogP contribution in [-0.4, -0.2) is 36.1 Å². The smallest absolute Gasteiger partial charge is 0.126 e. The fourth-order valence-electron chi connectivity index (χ4n) is 4.14. The van der Waals surface area contributed by atoms with Crippen molar-refractivity contribution in [2.75, 3.05) is 12.0 Å². The van der Waals surface area contributed by atoms with Crippen LogP contribution in [0.4, 0.5) is 5.69 Å². The minimum atomic E-state index is -0.525. The highest BCUT2D eigenvalue weighted by Crippen LogP contribution is 2.44. The van der Waals surface area contributed by atoms with Crippen molar-refractivity contribution >= 4 is 11.3 Å². The lowest BCUT2D eigenvalue weighted by molar-refractivity contribution is 0.0687. The minimum absolute atomic E-state index is 0.0528. The first-order valence-corrected chi connectivity index (χ1v) is 11.1. The third-order valence-corrected chi connectivity index (χ3v) is 5.82. The van der Waals surface area contributed by atoms with E-state index < -0.39 is 6.10 Å². The van der Waals surface area contributed by atoms with Crippen molar-refractivity contribution in [3.05, 3.63) is 79.0 Å². The van der Waals surface area contributed by atoms with E-state index in [1.807, 2.05) is 37.4 Å². The minimum Gasteiger partial charge on any atom is -0.496 e. The Hall–Kier alpha value is -2.82. The molecule has 0 aliphatic carbocycles. The topological polar surface area (TPSA) is 41.9 Å². The highest BCUT2D eigenvalue weighted by atomic mass is 16.5. The summed E-state index contributed by atoms with van der Waals surface area (Å²) in [5.74, 6) is 0.838. The van der Waals surface area contributed by atoms with Crippen LogP contribution in [0.3, 0.4) is 0 Å². The molecule has 0 bridgehead atoms. The van der Waals surface area contributed by atoms with Crippen molar-refractivity contribution in [3.8, 4) is 16.9 Å². The molecule has 3 rings (SSSR count). The van der Waals surface area contributed by atoms with Gasteiger partial charge in [0.1, 0.15) is 5.75 Å². The van der Waals surface area contributed by atoms with Crippen LogP contribution in [0.2, 0.25) is 0 Å². The summed E-state index contributed by atoms with van der Waals surface area (Å²) in [5.41, 5.74) is 5.14. The van der Waals surface area contributed by atoms with Gasteiger partial charge in [-0.1, -0.05) is 36.4 Å². The number of ether oxygens (including phenoxy) is 2. The Balaban J connectivity index is 2.18. The third-order valence-electron chi connectivity index (χ3n) is 5.82. The van der Waals surface area contributed by atoms with Crippen molar-refractivity contribution in [2.24, 2.45) is 0 Å². The molecule has 0 radical (unpaired) electrons. The molecule has 1 heterocycles. The lowest BCUT2D eigenvalue weighted by Gasteiger charge is -2.43. The van der Waals surface area contributed by atoms with Crippen molar-refractivity contribution in [3.63, 3.8) is 0 Å². The van der Waals surface area contributed by atoms with E-state index in [0.29, 0.717) is 0 Å². The van der Waals surface area contributed by atoms with E-state index in [1.165, 1.54) is 0 Å². The highest BCUT2D eigenvalue weighted by molar-refractivity contribution is 5.88. The van der Waals surface area contributed by atoms with Crippen LogP contribution in [0.25, 0.3) is 16.7 Å². The molecule has 4 heteroatoms. The number of hydrogen-bond acceptors (Lipinski definition) is 4. The number of nitrogens with zero attached hydrogens (tertiary/aromatic N) is 1. The van der Waals surface area contributed by atoms with E-state index in [2.05, 4.69) is 62.6 Å². The molecule has 1 aliphatic heterocycles. The average molecular weight is 434 g/mol. The second-order valence-electron chi connectivity index (χ2n) is 8.86. The van der Waals surface area contributed by atoms with Crippen LogP contribution in [0.15, 0.2) is 73.5 Å². The van der Waals surface area contributed by atoms with E-state index >= 15 is 0 Å². The average Bonchev–Trinajstić information content (AvgIpc) is 2.77. The molecule has 3 atom stereocenters. The molecular weight excluding hydrogens is 398 g/mol. The molecule has 0 fully saturated rings. The van der Waals surface area contributed by atoms with Gasteiger partial charge in [-0.2, -0.15) is 0 Å². The Morgan fingerprint density at radius 2 is 1.78 bits per heavy atom. The molecule has 0 spiro atoms. The highest BCUT2D eigenvalue weighted by Gasteiger charge is 2.33. The number of para-hydroxylation sites is 1. The zero-order valence-corrected chi connectivity index (χ0v) is 20.0. The van der Waals surface area contributed by atoms with Crippen LogP contribution < -0.4 is 9.64 Å². The van der Waals surface area contributed by atoms with Gasteiger partial charge >= 0.3 is 0 Å². The molecule has 0 aromatic heterocycles. The SMILES string of the molecule is C=CC(C)OC(C)C1=CC(C)(C)N(C=CC(C)O)c2ccc(-c3ccccc3OC)cc21. The lowest BCUT2D eigenvalue weighted by atomic mass is 9.84. The fourth-order valence-corrected chi connectivity index (χ4v) is 4.14. The first-order valence-electron chi connectivity index (χ1n) is 11.1. The molecule has 3 unspecified atom stereocenters. The molecule has 32 heavy (non-hydrogen) atoms. The predicted molar refractivity (Wildman–Crippen MR) is 134 cm³/mol. The zero-order valence-electron chi connectivity index (χ0n) is 20.0. The van der Waals surface area contributed by atoms with E-state index in [9.17, 15) is 5.11 Å². The van der Waals surface area contributed by atoms with E-state index in [-0.39, 0.29) is 17.7 Å². The number of fused-ring (bicyclic) bond motifs is 1. The quantitative estimate of drug-likeness (QED) is 0.502. The Morgan fingerprint density at radius 1 is 1.06 bits per heavy atom. The van der Waals surface area contributed by atoms with Gasteiger partial charge in [-0.15, -0.1) is 6.58 Å². The fraction of sp³-hybridized carbons (Fsp3) is 0.357. The number of aliphatic hydroxyl groups excluding tert-OH is 1. The predicted octanol–water partition coefficient (Wildman–Crippen LogP) is 6.22. The summed E-state index contributed by atoms with van der Waals surface area (Å²) >= 11 is 0. The Morgan fingerprint density at radius 3 is 2.44 bits per heavy atom. The van der Waals surface area contributed by atoms with Gasteiger partial charge in [0.15, 0.2) is 0 Å². The normalized spacial score (nSPS) is 18.0. The standard InChI is InChI=1S/C28H35NO3/c1-8-20(3)32-21(4)25-18-28(5,6)29(16-15-19(2)30)26-14-13-22(17-24(25)26)23-11-9-10-12-27(23)31-7/h8-21,30H,1H2,2-7H3. The van der Waals surface area contributed by atoms with Crippen molar-refractivity contribution in [1.29, 1.82) is 0 Å². The molecule has 0 amide bonds. The molecule has 1 N–H and O–H groups in total. The summed E-state index contributed by atoms with van der Waals surface area (Å²) in [6.07, 6.45) is 7.15. The van der Waals surface area contributed by atoms with Gasteiger partial charge < -0.3 is 19.5 Å². The number of rotatable bonds is 8. The van der Waals surface area contributed by atoms with Crippen LogP contribution in [0.1, 0.15) is 40.2 Å². The molecule has 0 saturated heterocycles. The lowest BCUT2D eigenvalue weighted by Crippen LogP contribution is -2.42. The monoisotopic (exact) mass is 433 g/mol. The Kier molecular flexibility index (Phi) is 7.27. The van der Waals surface area contributed by atoms with Crippen LogP contribution in [0, 0.1) is 0 Å². The van der Waals surface area contributed by atoms with Crippen LogP contribution >= 0.6 is 0 Å². The summed E-state index contributed by atoms with van der Waals surface area (Å²) in [4.78, 5) is 2.20. The number of aliphatic hydroxyl groups is 1. The van der Waals surface area contributed by atoms with Gasteiger partial charge in [0.05, 0.1) is 31.0 Å². The molecule has 0 saturated carbocycles. The number of benzene rings is 2. The van der Waals surface area contributed by atoms with Crippen molar-refractivity contribution < 1.29 is 14.6 Å². The summed E-state index contributed by atoms with van der Waals surface area (Å²) in [6, 6.07) is 14.5. The molecule has 4 nitrogen and oxygen atoms in total. The maximum atomic E-state index is 9.85. The van der Waals surface area contributed by atoms with Gasteiger partial charge in [-0.3, -0.25) is 0 Å². The molecule has 2 aromatic rings. The van der Waals surface area contributed by atoms with Gasteiger partial charge in [-0.25, -0.2) is 0 Å². The van der Waals surface area contributed by atoms with Gasteiger partial charge in [-0.05, 0) is 70.0 Å². The first kappa shape index (κ1) is 23.8. The van der Waals surface area contributed by atoms with Crippen molar-refractivity contribution in [1.82, 2.24) is 0 Å². The van der Waals surface area contributed by atoms with Crippen molar-refractivity contribution in [2.45, 2.75) is 58.5 Å². The second-order valence-corrected chi connectivity index (χ2v) is 8.86.